The van der Waals surface area contributed by atoms with Gasteiger partial charge in [-0.05, 0) is 45.7 Å². The van der Waals surface area contributed by atoms with E-state index in [0.29, 0.717) is 54.1 Å². The third-order valence-corrected chi connectivity index (χ3v) is 8.24. The molecule has 1 fully saturated rings. The highest BCUT2D eigenvalue weighted by atomic mass is 35.5. The van der Waals surface area contributed by atoms with E-state index in [1.54, 1.807) is 38.4 Å². The number of rotatable bonds is 8. The number of aliphatic imine (C=N–C) groups is 1. The Morgan fingerprint density at radius 1 is 1.12 bits per heavy atom. The molecule has 0 bridgehead atoms. The Bertz CT molecular complexity index is 1590. The third-order valence-electron chi connectivity index (χ3n) is 7.08. The summed E-state index contributed by atoms with van der Waals surface area (Å²) >= 11 is 7.63. The van der Waals surface area contributed by atoms with Crippen LogP contribution in [-0.2, 0) is 14.3 Å². The van der Waals surface area contributed by atoms with Crippen LogP contribution in [0.4, 0.5) is 14.7 Å². The fourth-order valence-electron chi connectivity index (χ4n) is 5.12. The van der Waals surface area contributed by atoms with Crippen molar-refractivity contribution < 1.29 is 27.8 Å². The predicted octanol–water partition coefficient (Wildman–Crippen LogP) is 5.17. The number of carbonyl (C=O) groups excluding carboxylic acids is 2. The van der Waals surface area contributed by atoms with Crippen molar-refractivity contribution in [3.63, 3.8) is 0 Å². The zero-order valence-electron chi connectivity index (χ0n) is 23.7. The number of amidine groups is 1. The van der Waals surface area contributed by atoms with Crippen LogP contribution in [0.15, 0.2) is 46.0 Å². The molecule has 0 spiro atoms. The summed E-state index contributed by atoms with van der Waals surface area (Å²) < 4.78 is 39.2. The Balaban J connectivity index is 1.51. The molecule has 226 valence electrons. The van der Waals surface area contributed by atoms with Crippen LogP contribution >= 0.6 is 22.9 Å². The molecule has 0 saturated carbocycles. The first-order chi connectivity index (χ1) is 20.7. The molecule has 0 radical (unpaired) electrons. The number of nitrogens with zero attached hydrogens (tertiary/aromatic N) is 5. The molecule has 1 atom stereocenters. The second-order valence-electron chi connectivity index (χ2n) is 9.83. The van der Waals surface area contributed by atoms with Crippen molar-refractivity contribution in [2.24, 2.45) is 10.9 Å². The number of allylic oxidation sites excluding steroid dienone is 1. The van der Waals surface area contributed by atoms with Gasteiger partial charge in [-0.15, -0.1) is 11.3 Å². The van der Waals surface area contributed by atoms with Crippen molar-refractivity contribution in [2.45, 2.75) is 39.7 Å². The van der Waals surface area contributed by atoms with Crippen LogP contribution in [0.1, 0.15) is 59.5 Å². The van der Waals surface area contributed by atoms with Crippen molar-refractivity contribution >= 4 is 46.7 Å². The van der Waals surface area contributed by atoms with Crippen LogP contribution in [-0.4, -0.2) is 59.0 Å². The Morgan fingerprint density at radius 2 is 1.84 bits per heavy atom. The number of hydrogen-bond donors (Lipinski definition) is 1. The molecule has 1 unspecified atom stereocenters. The van der Waals surface area contributed by atoms with Gasteiger partial charge in [0, 0.05) is 47.5 Å². The van der Waals surface area contributed by atoms with E-state index < -0.39 is 34.6 Å². The molecule has 5 rings (SSSR count). The number of piperidine rings is 1. The van der Waals surface area contributed by atoms with Crippen molar-refractivity contribution in [1.29, 1.82) is 0 Å². The highest BCUT2D eigenvalue weighted by molar-refractivity contribution is 7.11. The van der Waals surface area contributed by atoms with Gasteiger partial charge in [-0.3, -0.25) is 4.99 Å². The number of halogens is 3. The standard InChI is InChI=1S/C29H29ClF2N6O4S/c1-4-41-27(39)19-14-15(3)34-29(35-19)38-11-8-16(9-12-38)23-20(28(40)42-5-2)24(17-6-7-18(31)22(32)21(17)30)37-25(36-23)26-33-10-13-43-26/h6-7,10,13-14,16,24H,4-5,8-9,11-12H2,1-3H3,(H,36,37). The van der Waals surface area contributed by atoms with Gasteiger partial charge in [0.25, 0.3) is 0 Å². The monoisotopic (exact) mass is 630 g/mol. The van der Waals surface area contributed by atoms with Gasteiger partial charge in [0.2, 0.25) is 5.95 Å². The van der Waals surface area contributed by atoms with Crippen molar-refractivity contribution in [3.8, 4) is 0 Å². The highest BCUT2D eigenvalue weighted by Crippen LogP contribution is 2.41. The number of thiazole rings is 1. The third kappa shape index (κ3) is 6.37. The topological polar surface area (TPSA) is 119 Å². The van der Waals surface area contributed by atoms with Gasteiger partial charge in [0.15, 0.2) is 28.2 Å². The molecule has 0 amide bonds. The fourth-order valence-corrected chi connectivity index (χ4v) is 5.96. The first-order valence-electron chi connectivity index (χ1n) is 13.8. The van der Waals surface area contributed by atoms with Crippen LogP contribution in [0, 0.1) is 24.5 Å². The lowest BCUT2D eigenvalue weighted by Crippen LogP contribution is -2.42. The van der Waals surface area contributed by atoms with E-state index in [4.69, 9.17) is 26.1 Å². The summed E-state index contributed by atoms with van der Waals surface area (Å²) in [6.45, 7) is 6.55. The van der Waals surface area contributed by atoms with Crippen LogP contribution in [0.25, 0.3) is 0 Å². The number of esters is 2. The van der Waals surface area contributed by atoms with Crippen molar-refractivity contribution in [2.75, 3.05) is 31.2 Å². The molecule has 2 aliphatic heterocycles. The summed E-state index contributed by atoms with van der Waals surface area (Å²) in [6.07, 6.45) is 2.76. The first-order valence-corrected chi connectivity index (χ1v) is 15.0. The lowest BCUT2D eigenvalue weighted by atomic mass is 9.85. The van der Waals surface area contributed by atoms with Gasteiger partial charge in [-0.25, -0.2) is 33.3 Å². The van der Waals surface area contributed by atoms with Crippen LogP contribution in [0.2, 0.25) is 5.02 Å². The lowest BCUT2D eigenvalue weighted by molar-refractivity contribution is -0.139. The number of nitrogens with one attached hydrogen (secondary N) is 1. The zero-order chi connectivity index (χ0) is 30.7. The molecule has 43 heavy (non-hydrogen) atoms. The average Bonchev–Trinajstić information content (AvgIpc) is 3.55. The Hall–Kier alpha value is -3.97. The van der Waals surface area contributed by atoms with Crippen molar-refractivity contribution in [1.82, 2.24) is 20.3 Å². The zero-order valence-corrected chi connectivity index (χ0v) is 25.3. The summed E-state index contributed by atoms with van der Waals surface area (Å²) in [7, 11) is 0. The molecular weight excluding hydrogens is 602 g/mol. The number of hydrogen-bond acceptors (Lipinski definition) is 11. The molecular formula is C29H29ClF2N6O4S. The SMILES string of the molecule is CCOC(=O)C1=C(C2CCN(c3nc(C)cc(C(=O)OCC)n3)CC2)NC(c2nccs2)=NC1c1ccc(F)c(F)c1Cl. The molecule has 0 aliphatic carbocycles. The number of ether oxygens (including phenoxy) is 2. The molecule has 1 saturated heterocycles. The van der Waals surface area contributed by atoms with Gasteiger partial charge >= 0.3 is 11.9 Å². The number of aryl methyl sites for hydroxylation is 1. The summed E-state index contributed by atoms with van der Waals surface area (Å²) in [6, 6.07) is 2.81. The van der Waals surface area contributed by atoms with E-state index in [9.17, 15) is 18.4 Å². The maximum atomic E-state index is 14.6. The quantitative estimate of drug-likeness (QED) is 0.265. The molecule has 2 aliphatic rings. The van der Waals surface area contributed by atoms with E-state index in [1.807, 2.05) is 4.90 Å². The van der Waals surface area contributed by atoms with E-state index in [-0.39, 0.29) is 36.0 Å². The fraction of sp³-hybridized carbons (Fsp3) is 0.379. The Kier molecular flexibility index (Phi) is 9.31. The van der Waals surface area contributed by atoms with Gasteiger partial charge in [0.05, 0.1) is 23.8 Å². The van der Waals surface area contributed by atoms with Crippen LogP contribution < -0.4 is 10.2 Å². The molecule has 10 nitrogen and oxygen atoms in total. The number of benzene rings is 1. The molecule has 1 aromatic carbocycles. The normalized spacial score (nSPS) is 17.4. The van der Waals surface area contributed by atoms with Gasteiger partial charge in [-0.1, -0.05) is 17.7 Å². The minimum Gasteiger partial charge on any atom is -0.463 e. The van der Waals surface area contributed by atoms with Gasteiger partial charge in [-0.2, -0.15) is 0 Å². The summed E-state index contributed by atoms with van der Waals surface area (Å²) in [4.78, 5) is 45.8. The maximum absolute atomic E-state index is 14.6. The van der Waals surface area contributed by atoms with Gasteiger partial charge < -0.3 is 19.7 Å². The summed E-state index contributed by atoms with van der Waals surface area (Å²) in [5.41, 5.74) is 1.68. The van der Waals surface area contributed by atoms with Gasteiger partial charge in [0.1, 0.15) is 6.04 Å². The Morgan fingerprint density at radius 3 is 2.51 bits per heavy atom. The second kappa shape index (κ2) is 13.1. The van der Waals surface area contributed by atoms with E-state index >= 15 is 0 Å². The predicted molar refractivity (Wildman–Crippen MR) is 157 cm³/mol. The van der Waals surface area contributed by atoms with E-state index in [0.717, 1.165) is 6.07 Å². The molecule has 14 heteroatoms. The maximum Gasteiger partial charge on any atom is 0.357 e. The van der Waals surface area contributed by atoms with E-state index in [1.165, 1.54) is 17.4 Å². The van der Waals surface area contributed by atoms with Crippen LogP contribution in [0.5, 0.6) is 0 Å². The molecule has 4 heterocycles. The molecule has 1 N–H and O–H groups in total. The Labute approximate surface area is 255 Å². The second-order valence-corrected chi connectivity index (χ2v) is 11.1. The van der Waals surface area contributed by atoms with Crippen molar-refractivity contribution in [3.05, 3.63) is 79.7 Å². The molecule has 3 aromatic rings. The largest absolute Gasteiger partial charge is 0.463 e. The number of aromatic nitrogens is 3. The minimum atomic E-state index is -1.22. The summed E-state index contributed by atoms with van der Waals surface area (Å²) in [5.74, 6) is -2.87. The minimum absolute atomic E-state index is 0.100. The molecule has 2 aromatic heterocycles. The smallest absolute Gasteiger partial charge is 0.357 e. The highest BCUT2D eigenvalue weighted by Gasteiger charge is 2.38. The number of carbonyl (C=O) groups is 2. The number of anilines is 1. The first kappa shape index (κ1) is 30.5. The van der Waals surface area contributed by atoms with E-state index in [2.05, 4.69) is 20.3 Å². The summed E-state index contributed by atoms with van der Waals surface area (Å²) in [5, 5.41) is 5.20. The average molecular weight is 631 g/mol. The lowest BCUT2D eigenvalue weighted by Gasteiger charge is -2.36. The van der Waals surface area contributed by atoms with Crippen LogP contribution in [0.3, 0.4) is 0 Å².